The van der Waals surface area contributed by atoms with E-state index in [2.05, 4.69) is 11.9 Å². The van der Waals surface area contributed by atoms with E-state index in [1.165, 1.54) is 4.90 Å². The maximum atomic E-state index is 12.8. The summed E-state index contributed by atoms with van der Waals surface area (Å²) in [5.74, 6) is -0.513. The normalized spacial score (nSPS) is 10.8. The number of carbonyl (C=O) groups excluding carboxylic acids is 1. The number of hydrogen-bond donors (Lipinski definition) is 1. The summed E-state index contributed by atoms with van der Waals surface area (Å²) in [6.45, 7) is 2.39. The average Bonchev–Trinajstić information content (AvgIpc) is 3.06. The number of unbranched alkanes of at least 4 members (excludes halogenated alkanes) is 1. The van der Waals surface area contributed by atoms with Crippen molar-refractivity contribution in [2.75, 3.05) is 14.1 Å². The van der Waals surface area contributed by atoms with Crippen molar-refractivity contribution in [1.29, 1.82) is 0 Å². The first-order valence-electron chi connectivity index (χ1n) is 10.2. The highest BCUT2D eigenvalue weighted by atomic mass is 35.5. The summed E-state index contributed by atoms with van der Waals surface area (Å²) in [5, 5.41) is 9.98. The lowest BCUT2D eigenvalue weighted by Gasteiger charge is -2.16. The van der Waals surface area contributed by atoms with Crippen molar-refractivity contribution in [2.24, 2.45) is 0 Å². The van der Waals surface area contributed by atoms with Crippen LogP contribution in [0.4, 0.5) is 0 Å². The molecule has 3 rings (SSSR count). The van der Waals surface area contributed by atoms with Crippen molar-refractivity contribution in [2.45, 2.75) is 32.7 Å². The summed E-state index contributed by atoms with van der Waals surface area (Å²) in [7, 11) is 3.33. The predicted molar refractivity (Wildman–Crippen MR) is 122 cm³/mol. The maximum absolute atomic E-state index is 12.8. The summed E-state index contributed by atoms with van der Waals surface area (Å²) >= 11 is 6.35. The Hall–Kier alpha value is -3.12. The Balaban J connectivity index is 2.06. The zero-order valence-corrected chi connectivity index (χ0v) is 18.7. The van der Waals surface area contributed by atoms with E-state index in [1.54, 1.807) is 20.2 Å². The summed E-state index contributed by atoms with van der Waals surface area (Å²) in [4.78, 5) is 30.6. The highest BCUT2D eigenvalue weighted by Crippen LogP contribution is 2.27. The lowest BCUT2D eigenvalue weighted by atomic mass is 9.97. The van der Waals surface area contributed by atoms with Crippen molar-refractivity contribution in [1.82, 2.24) is 14.5 Å². The number of carboxylic acids is 1. The van der Waals surface area contributed by atoms with E-state index in [9.17, 15) is 14.7 Å². The van der Waals surface area contributed by atoms with Gasteiger partial charge in [-0.25, -0.2) is 9.78 Å². The molecule has 0 atom stereocenters. The highest BCUT2D eigenvalue weighted by Gasteiger charge is 2.24. The Morgan fingerprint density at radius 3 is 2.45 bits per heavy atom. The van der Waals surface area contributed by atoms with Crippen LogP contribution in [0, 0.1) is 0 Å². The predicted octanol–water partition coefficient (Wildman–Crippen LogP) is 4.99. The number of hydrogen-bond acceptors (Lipinski definition) is 3. The molecule has 0 spiro atoms. The zero-order valence-electron chi connectivity index (χ0n) is 17.9. The summed E-state index contributed by atoms with van der Waals surface area (Å²) in [6.07, 6.45) is 2.58. The summed E-state index contributed by atoms with van der Waals surface area (Å²) in [6, 6.07) is 14.8. The minimum absolute atomic E-state index is 0.171. The molecule has 0 aliphatic carbocycles. The van der Waals surface area contributed by atoms with Gasteiger partial charge in [0, 0.05) is 27.1 Å². The van der Waals surface area contributed by atoms with Crippen molar-refractivity contribution in [3.05, 3.63) is 76.3 Å². The van der Waals surface area contributed by atoms with Crippen LogP contribution >= 0.6 is 11.6 Å². The highest BCUT2D eigenvalue weighted by molar-refractivity contribution is 6.32. The van der Waals surface area contributed by atoms with Crippen molar-refractivity contribution in [3.63, 3.8) is 0 Å². The van der Waals surface area contributed by atoms with Gasteiger partial charge in [-0.05, 0) is 29.2 Å². The number of rotatable bonds is 8. The maximum Gasteiger partial charge on any atom is 0.336 e. The number of carbonyl (C=O) groups is 2. The second-order valence-electron chi connectivity index (χ2n) is 7.61. The molecule has 162 valence electrons. The van der Waals surface area contributed by atoms with Gasteiger partial charge < -0.3 is 14.6 Å². The van der Waals surface area contributed by atoms with E-state index < -0.39 is 5.97 Å². The fourth-order valence-electron chi connectivity index (χ4n) is 3.50. The van der Waals surface area contributed by atoms with Gasteiger partial charge in [0.25, 0.3) is 5.91 Å². The largest absolute Gasteiger partial charge is 0.478 e. The van der Waals surface area contributed by atoms with Crippen molar-refractivity contribution < 1.29 is 14.7 Å². The molecule has 1 aromatic heterocycles. The minimum atomic E-state index is -1.000. The molecule has 1 amide bonds. The molecule has 0 aliphatic heterocycles. The Labute approximate surface area is 187 Å². The van der Waals surface area contributed by atoms with Crippen LogP contribution in [0.5, 0.6) is 0 Å². The standard InChI is InChI=1S/C24H26ClN3O3/c1-4-5-11-20-26-22(25)21(23(29)27(2)3)28(20)15-16-12-13-18(19(14-16)24(30)31)17-9-7-6-8-10-17/h6-10,12-14H,4-5,11,15H2,1-3H3,(H,30,31). The van der Waals surface area contributed by atoms with Gasteiger partial charge in [0.15, 0.2) is 5.15 Å². The molecule has 1 N–H and O–H groups in total. The molecule has 0 radical (unpaired) electrons. The van der Waals surface area contributed by atoms with E-state index in [0.29, 0.717) is 24.2 Å². The molecule has 2 aromatic carbocycles. The van der Waals surface area contributed by atoms with Gasteiger partial charge in [-0.1, -0.05) is 67.4 Å². The molecule has 0 aliphatic rings. The van der Waals surface area contributed by atoms with Crippen LogP contribution in [0.2, 0.25) is 5.15 Å². The first-order chi connectivity index (χ1) is 14.8. The summed E-state index contributed by atoms with van der Waals surface area (Å²) < 4.78 is 1.81. The lowest BCUT2D eigenvalue weighted by molar-refractivity contribution is 0.0697. The molecule has 0 bridgehead atoms. The van der Waals surface area contributed by atoms with Crippen LogP contribution in [-0.2, 0) is 13.0 Å². The van der Waals surface area contributed by atoms with Gasteiger partial charge >= 0.3 is 5.97 Å². The minimum Gasteiger partial charge on any atom is -0.478 e. The van der Waals surface area contributed by atoms with Crippen LogP contribution in [0.1, 0.15) is 52.0 Å². The second kappa shape index (κ2) is 9.79. The van der Waals surface area contributed by atoms with Crippen LogP contribution in [0.3, 0.4) is 0 Å². The SMILES string of the molecule is CCCCc1nc(Cl)c(C(=O)N(C)C)n1Cc1ccc(-c2ccccc2)c(C(=O)O)c1. The topological polar surface area (TPSA) is 75.4 Å². The van der Waals surface area contributed by atoms with Crippen molar-refractivity contribution in [3.8, 4) is 11.1 Å². The third kappa shape index (κ3) is 4.97. The Morgan fingerprint density at radius 1 is 1.13 bits per heavy atom. The zero-order chi connectivity index (χ0) is 22.5. The quantitative estimate of drug-likeness (QED) is 0.536. The molecular formula is C24H26ClN3O3. The monoisotopic (exact) mass is 439 g/mol. The first kappa shape index (κ1) is 22.6. The Morgan fingerprint density at radius 2 is 1.84 bits per heavy atom. The van der Waals surface area contributed by atoms with Gasteiger partial charge in [0.1, 0.15) is 11.5 Å². The van der Waals surface area contributed by atoms with Crippen LogP contribution in [0.15, 0.2) is 48.5 Å². The van der Waals surface area contributed by atoms with Gasteiger partial charge in [0.05, 0.1) is 5.56 Å². The number of imidazole rings is 1. The smallest absolute Gasteiger partial charge is 0.336 e. The van der Waals surface area contributed by atoms with Gasteiger partial charge in [-0.2, -0.15) is 0 Å². The molecule has 3 aromatic rings. The molecule has 0 saturated carbocycles. The fourth-order valence-corrected chi connectivity index (χ4v) is 3.78. The van der Waals surface area contributed by atoms with Crippen molar-refractivity contribution >= 4 is 23.5 Å². The fraction of sp³-hybridized carbons (Fsp3) is 0.292. The number of amides is 1. The number of carboxylic acid groups (broad SMARTS) is 1. The van der Waals surface area contributed by atoms with Crippen LogP contribution < -0.4 is 0 Å². The number of nitrogens with zero attached hydrogens (tertiary/aromatic N) is 3. The second-order valence-corrected chi connectivity index (χ2v) is 7.97. The molecule has 0 unspecified atom stereocenters. The Bertz CT molecular complexity index is 1090. The Kier molecular flexibility index (Phi) is 7.13. The molecule has 0 saturated heterocycles. The van der Waals surface area contributed by atoms with E-state index in [0.717, 1.165) is 29.8 Å². The molecular weight excluding hydrogens is 414 g/mol. The third-order valence-electron chi connectivity index (χ3n) is 5.11. The number of aromatic nitrogens is 2. The van der Waals surface area contributed by atoms with E-state index in [4.69, 9.17) is 11.6 Å². The van der Waals surface area contributed by atoms with E-state index in [-0.39, 0.29) is 16.6 Å². The van der Waals surface area contributed by atoms with E-state index >= 15 is 0 Å². The first-order valence-corrected chi connectivity index (χ1v) is 10.6. The van der Waals surface area contributed by atoms with Gasteiger partial charge in [0.2, 0.25) is 0 Å². The third-order valence-corrected chi connectivity index (χ3v) is 5.37. The summed E-state index contributed by atoms with van der Waals surface area (Å²) in [5.41, 5.74) is 2.78. The number of aryl methyl sites for hydroxylation is 1. The average molecular weight is 440 g/mol. The molecule has 6 nitrogen and oxygen atoms in total. The van der Waals surface area contributed by atoms with Gasteiger partial charge in [-0.15, -0.1) is 0 Å². The molecule has 1 heterocycles. The number of benzene rings is 2. The molecule has 0 fully saturated rings. The van der Waals surface area contributed by atoms with Crippen LogP contribution in [0.25, 0.3) is 11.1 Å². The number of halogens is 1. The molecule has 31 heavy (non-hydrogen) atoms. The lowest BCUT2D eigenvalue weighted by Crippen LogP contribution is -2.25. The number of aromatic carboxylic acids is 1. The molecule has 7 heteroatoms. The van der Waals surface area contributed by atoms with E-state index in [1.807, 2.05) is 47.0 Å². The van der Waals surface area contributed by atoms with Gasteiger partial charge in [-0.3, -0.25) is 4.79 Å². The van der Waals surface area contributed by atoms with Crippen LogP contribution in [-0.4, -0.2) is 45.5 Å².